The second-order valence-corrected chi connectivity index (χ2v) is 4.23. The molecule has 0 aliphatic carbocycles. The summed E-state index contributed by atoms with van der Waals surface area (Å²) >= 11 is 0. The molecule has 1 amide bonds. The molecule has 1 fully saturated rings. The van der Waals surface area contributed by atoms with Crippen molar-refractivity contribution in [3.05, 3.63) is 0 Å². The lowest BCUT2D eigenvalue weighted by molar-refractivity contribution is -0.186. The van der Waals surface area contributed by atoms with Crippen molar-refractivity contribution in [2.24, 2.45) is 0 Å². The van der Waals surface area contributed by atoms with E-state index in [1.807, 2.05) is 11.9 Å². The molecule has 1 aliphatic rings. The fraction of sp³-hybridized carbons (Fsp3) is 0.900. The van der Waals surface area contributed by atoms with E-state index in [2.05, 4.69) is 0 Å². The van der Waals surface area contributed by atoms with Gasteiger partial charge in [-0.2, -0.15) is 13.2 Å². The maximum Gasteiger partial charge on any atom is 0.471 e. The van der Waals surface area contributed by atoms with Crippen LogP contribution in [0.25, 0.3) is 0 Å². The Labute approximate surface area is 98.0 Å². The molecule has 0 aromatic heterocycles. The van der Waals surface area contributed by atoms with Gasteiger partial charge < -0.3 is 14.9 Å². The van der Waals surface area contributed by atoms with Crippen molar-refractivity contribution in [3.63, 3.8) is 0 Å². The van der Waals surface area contributed by atoms with Crippen molar-refractivity contribution in [1.82, 2.24) is 9.80 Å². The van der Waals surface area contributed by atoms with Gasteiger partial charge in [-0.05, 0) is 19.9 Å². The third-order valence-electron chi connectivity index (χ3n) is 3.07. The number of piperidine rings is 1. The Bertz CT molecular complexity index is 263. The van der Waals surface area contributed by atoms with Gasteiger partial charge in [0.2, 0.25) is 0 Å². The van der Waals surface area contributed by atoms with Gasteiger partial charge in [-0.25, -0.2) is 0 Å². The Morgan fingerprint density at radius 2 is 1.94 bits per heavy atom. The second-order valence-electron chi connectivity index (χ2n) is 4.23. The fourth-order valence-electron chi connectivity index (χ4n) is 2.03. The van der Waals surface area contributed by atoms with Crippen molar-refractivity contribution in [3.8, 4) is 0 Å². The minimum absolute atomic E-state index is 0.0260. The number of likely N-dealkylation sites (N-methyl/N-ethyl adjacent to an activating group) is 1. The molecule has 0 atom stereocenters. The van der Waals surface area contributed by atoms with E-state index >= 15 is 0 Å². The monoisotopic (exact) mass is 254 g/mol. The van der Waals surface area contributed by atoms with Gasteiger partial charge in [0.15, 0.2) is 0 Å². The lowest BCUT2D eigenvalue weighted by atomic mass is 10.0. The third-order valence-corrected chi connectivity index (χ3v) is 3.07. The molecule has 1 N–H and O–H groups in total. The molecular weight excluding hydrogens is 237 g/mol. The lowest BCUT2D eigenvalue weighted by Crippen LogP contribution is -2.49. The van der Waals surface area contributed by atoms with E-state index < -0.39 is 12.1 Å². The molecule has 1 saturated heterocycles. The van der Waals surface area contributed by atoms with Gasteiger partial charge in [0.05, 0.1) is 6.61 Å². The fourth-order valence-corrected chi connectivity index (χ4v) is 2.03. The van der Waals surface area contributed by atoms with E-state index in [9.17, 15) is 18.0 Å². The number of hydrogen-bond donors (Lipinski definition) is 1. The minimum Gasteiger partial charge on any atom is -0.395 e. The highest BCUT2D eigenvalue weighted by Crippen LogP contribution is 2.22. The van der Waals surface area contributed by atoms with Gasteiger partial charge in [-0.1, -0.05) is 0 Å². The number of likely N-dealkylation sites (tertiary alicyclic amines) is 1. The third kappa shape index (κ3) is 3.85. The van der Waals surface area contributed by atoms with Crippen molar-refractivity contribution in [2.45, 2.75) is 25.1 Å². The highest BCUT2D eigenvalue weighted by molar-refractivity contribution is 5.81. The molecule has 4 nitrogen and oxygen atoms in total. The average Bonchev–Trinajstić information content (AvgIpc) is 2.27. The topological polar surface area (TPSA) is 43.8 Å². The van der Waals surface area contributed by atoms with Crippen LogP contribution in [-0.4, -0.2) is 66.3 Å². The van der Waals surface area contributed by atoms with E-state index in [4.69, 9.17) is 5.11 Å². The summed E-state index contributed by atoms with van der Waals surface area (Å²) in [6.07, 6.45) is -3.75. The molecule has 0 radical (unpaired) electrons. The molecule has 1 aliphatic heterocycles. The van der Waals surface area contributed by atoms with E-state index in [0.717, 1.165) is 4.90 Å². The Hall–Kier alpha value is -0.820. The maximum atomic E-state index is 12.2. The molecule has 0 unspecified atom stereocenters. The highest BCUT2D eigenvalue weighted by atomic mass is 19.4. The largest absolute Gasteiger partial charge is 0.471 e. The number of aliphatic hydroxyl groups is 1. The molecule has 17 heavy (non-hydrogen) atoms. The van der Waals surface area contributed by atoms with Gasteiger partial charge in [-0.3, -0.25) is 4.79 Å². The predicted octanol–water partition coefficient (Wildman–Crippen LogP) is 0.464. The zero-order valence-electron chi connectivity index (χ0n) is 9.70. The van der Waals surface area contributed by atoms with E-state index in [-0.39, 0.29) is 25.7 Å². The maximum absolute atomic E-state index is 12.2. The van der Waals surface area contributed by atoms with Crippen LogP contribution in [0.3, 0.4) is 0 Å². The quantitative estimate of drug-likeness (QED) is 0.796. The summed E-state index contributed by atoms with van der Waals surface area (Å²) in [5, 5.41) is 8.76. The summed E-state index contributed by atoms with van der Waals surface area (Å²) < 4.78 is 36.5. The van der Waals surface area contributed by atoms with Crippen LogP contribution in [-0.2, 0) is 4.79 Å². The number of amides is 1. The van der Waals surface area contributed by atoms with Crippen molar-refractivity contribution < 1.29 is 23.1 Å². The smallest absolute Gasteiger partial charge is 0.395 e. The van der Waals surface area contributed by atoms with Crippen LogP contribution >= 0.6 is 0 Å². The molecule has 0 saturated carbocycles. The number of halogens is 3. The van der Waals surface area contributed by atoms with Crippen molar-refractivity contribution in [1.29, 1.82) is 0 Å². The molecule has 7 heteroatoms. The zero-order chi connectivity index (χ0) is 13.1. The molecule has 0 aromatic carbocycles. The Kier molecular flexibility index (Phi) is 4.76. The molecule has 0 bridgehead atoms. The number of hydrogen-bond acceptors (Lipinski definition) is 3. The first-order chi connectivity index (χ1) is 7.86. The average molecular weight is 254 g/mol. The summed E-state index contributed by atoms with van der Waals surface area (Å²) in [5.41, 5.74) is 0. The van der Waals surface area contributed by atoms with Gasteiger partial charge >= 0.3 is 12.1 Å². The minimum atomic E-state index is -4.77. The van der Waals surface area contributed by atoms with Gasteiger partial charge in [0.25, 0.3) is 0 Å². The first kappa shape index (κ1) is 14.2. The Morgan fingerprint density at radius 3 is 2.35 bits per heavy atom. The van der Waals surface area contributed by atoms with Gasteiger partial charge in [0, 0.05) is 25.7 Å². The number of rotatable bonds is 3. The lowest BCUT2D eigenvalue weighted by Gasteiger charge is -2.36. The van der Waals surface area contributed by atoms with Crippen molar-refractivity contribution in [2.75, 3.05) is 33.3 Å². The number of alkyl halides is 3. The first-order valence-electron chi connectivity index (χ1n) is 5.53. The van der Waals surface area contributed by atoms with Crippen LogP contribution in [0.1, 0.15) is 12.8 Å². The summed E-state index contributed by atoms with van der Waals surface area (Å²) in [7, 11) is 1.82. The van der Waals surface area contributed by atoms with Crippen LogP contribution < -0.4 is 0 Å². The summed E-state index contributed by atoms with van der Waals surface area (Å²) in [6.45, 7) is 0.771. The molecule has 1 heterocycles. The Morgan fingerprint density at radius 1 is 1.41 bits per heavy atom. The molecule has 1 rings (SSSR count). The molecular formula is C10H17F3N2O2. The Balaban J connectivity index is 2.43. The standard InChI is InChI=1S/C10H17F3N2O2/c1-14(6-7-16)8-2-4-15(5-3-8)9(17)10(11,12)13/h8,16H,2-7H2,1H3. The summed E-state index contributed by atoms with van der Waals surface area (Å²) in [4.78, 5) is 13.7. The predicted molar refractivity (Wildman–Crippen MR) is 55.4 cm³/mol. The van der Waals surface area contributed by atoms with E-state index in [1.165, 1.54) is 0 Å². The van der Waals surface area contributed by atoms with Crippen LogP contribution in [0.5, 0.6) is 0 Å². The SMILES string of the molecule is CN(CCO)C1CCN(C(=O)C(F)(F)F)CC1. The van der Waals surface area contributed by atoms with Crippen LogP contribution in [0.4, 0.5) is 13.2 Å². The molecule has 100 valence electrons. The summed E-state index contributed by atoms with van der Waals surface area (Å²) in [5.74, 6) is -1.75. The van der Waals surface area contributed by atoms with Crippen LogP contribution in [0.2, 0.25) is 0 Å². The zero-order valence-corrected chi connectivity index (χ0v) is 9.70. The number of carbonyl (C=O) groups excluding carboxylic acids is 1. The summed E-state index contributed by atoms with van der Waals surface area (Å²) in [6, 6.07) is 0.138. The normalized spacial score (nSPS) is 18.8. The van der Waals surface area contributed by atoms with Gasteiger partial charge in [0.1, 0.15) is 0 Å². The number of carbonyl (C=O) groups is 1. The number of nitrogens with zero attached hydrogens (tertiary/aromatic N) is 2. The van der Waals surface area contributed by atoms with Crippen LogP contribution in [0, 0.1) is 0 Å². The molecule has 0 aromatic rings. The van der Waals surface area contributed by atoms with E-state index in [1.54, 1.807) is 0 Å². The highest BCUT2D eigenvalue weighted by Gasteiger charge is 2.43. The second kappa shape index (κ2) is 5.68. The van der Waals surface area contributed by atoms with Crippen LogP contribution in [0.15, 0.2) is 0 Å². The van der Waals surface area contributed by atoms with Gasteiger partial charge in [-0.15, -0.1) is 0 Å². The van der Waals surface area contributed by atoms with Crippen molar-refractivity contribution >= 4 is 5.91 Å². The number of aliphatic hydroxyl groups excluding tert-OH is 1. The molecule has 0 spiro atoms. The first-order valence-corrected chi connectivity index (χ1v) is 5.53. The van der Waals surface area contributed by atoms with E-state index in [0.29, 0.717) is 19.4 Å².